The summed E-state index contributed by atoms with van der Waals surface area (Å²) < 4.78 is 2.00. The summed E-state index contributed by atoms with van der Waals surface area (Å²) in [5, 5.41) is 22.8. The molecule has 3 N–H and O–H groups in total. The lowest BCUT2D eigenvalue weighted by atomic mass is 9.82. The van der Waals surface area contributed by atoms with Gasteiger partial charge in [0.1, 0.15) is 17.4 Å². The Labute approximate surface area is 221 Å². The number of anilines is 1. The molecule has 0 radical (unpaired) electrons. The highest BCUT2D eigenvalue weighted by Gasteiger charge is 2.49. The summed E-state index contributed by atoms with van der Waals surface area (Å²) in [6.07, 6.45) is 9.10. The molecule has 3 heterocycles. The third-order valence-electron chi connectivity index (χ3n) is 8.44. The molecule has 38 heavy (non-hydrogen) atoms. The van der Waals surface area contributed by atoms with Gasteiger partial charge in [-0.15, -0.1) is 0 Å². The fraction of sp³-hybridized carbons (Fsp3) is 0.483. The van der Waals surface area contributed by atoms with Crippen LogP contribution >= 0.6 is 0 Å². The molecule has 1 aromatic carbocycles. The van der Waals surface area contributed by atoms with Crippen molar-refractivity contribution in [2.24, 2.45) is 23.7 Å². The predicted molar refractivity (Wildman–Crippen MR) is 144 cm³/mol. The first kappa shape index (κ1) is 23.4. The van der Waals surface area contributed by atoms with Crippen LogP contribution < -0.4 is 5.32 Å². The normalized spacial score (nSPS) is 18.2. The first-order chi connectivity index (χ1) is 18.5. The highest BCUT2D eigenvalue weighted by Crippen LogP contribution is 2.54. The Morgan fingerprint density at radius 3 is 2.37 bits per heavy atom. The van der Waals surface area contributed by atoms with E-state index in [9.17, 15) is 4.79 Å². The van der Waals surface area contributed by atoms with E-state index in [2.05, 4.69) is 30.8 Å². The van der Waals surface area contributed by atoms with Crippen LogP contribution in [0.3, 0.4) is 0 Å². The van der Waals surface area contributed by atoms with E-state index in [1.165, 1.54) is 38.5 Å². The van der Waals surface area contributed by atoms with Crippen LogP contribution in [0.25, 0.3) is 22.6 Å². The molecule has 3 aliphatic rings. The summed E-state index contributed by atoms with van der Waals surface area (Å²) in [5.41, 5.74) is 5.90. The molecule has 9 nitrogen and oxygen atoms in total. The largest absolute Gasteiger partial charge is 0.325 e. The van der Waals surface area contributed by atoms with Gasteiger partial charge in [0.2, 0.25) is 5.91 Å². The van der Waals surface area contributed by atoms with Crippen LogP contribution in [0.1, 0.15) is 61.7 Å². The van der Waals surface area contributed by atoms with E-state index in [1.54, 1.807) is 0 Å². The van der Waals surface area contributed by atoms with Crippen molar-refractivity contribution >= 4 is 11.6 Å². The lowest BCUT2D eigenvalue weighted by Crippen LogP contribution is -2.31. The Morgan fingerprint density at radius 2 is 1.74 bits per heavy atom. The van der Waals surface area contributed by atoms with Crippen molar-refractivity contribution in [2.75, 3.05) is 5.32 Å². The van der Waals surface area contributed by atoms with Crippen molar-refractivity contribution in [3.8, 4) is 22.6 Å². The molecule has 1 atom stereocenters. The van der Waals surface area contributed by atoms with E-state index in [-0.39, 0.29) is 11.8 Å². The van der Waals surface area contributed by atoms with Crippen LogP contribution in [0.15, 0.2) is 36.5 Å². The first-order valence-corrected chi connectivity index (χ1v) is 13.9. The number of benzene rings is 1. The minimum absolute atomic E-state index is 0.00795. The molecule has 0 saturated heterocycles. The number of nitrogens with one attached hydrogen (secondary N) is 3. The number of hydrogen-bond acceptors (Lipinski definition) is 5. The maximum atomic E-state index is 13.9. The van der Waals surface area contributed by atoms with Crippen LogP contribution in [-0.2, 0) is 11.3 Å². The second-order valence-electron chi connectivity index (χ2n) is 11.5. The van der Waals surface area contributed by atoms with Gasteiger partial charge in [-0.2, -0.15) is 15.3 Å². The Bertz CT molecular complexity index is 1420. The smallest absolute Gasteiger partial charge is 0.235 e. The van der Waals surface area contributed by atoms with Crippen molar-refractivity contribution in [2.45, 2.75) is 64.8 Å². The summed E-state index contributed by atoms with van der Waals surface area (Å²) in [7, 11) is 0. The standard InChI is InChI=1S/C29H34N8O/c1-16-24(17(2)34-33-16)19-9-11-22(12-10-19)31-29(38)26(25(20-5-6-20)21-7-8-21)28-32-27(35-36-28)23-13-14-30-37(23)15-18-3-4-18/h9-14,18,20-21,25-26H,3-8,15H2,1-2H3,(H,31,38)(H,33,34)(H,32,35,36). The fourth-order valence-electron chi connectivity index (χ4n) is 6.03. The second kappa shape index (κ2) is 9.22. The molecular weight excluding hydrogens is 476 g/mol. The minimum atomic E-state index is -0.353. The van der Waals surface area contributed by atoms with Crippen LogP contribution in [0.4, 0.5) is 5.69 Å². The highest BCUT2D eigenvalue weighted by molar-refractivity contribution is 5.96. The van der Waals surface area contributed by atoms with Gasteiger partial charge in [0.05, 0.1) is 5.69 Å². The molecule has 1 amide bonds. The van der Waals surface area contributed by atoms with E-state index < -0.39 is 0 Å². The number of amides is 1. The van der Waals surface area contributed by atoms with Gasteiger partial charge in [-0.25, -0.2) is 4.98 Å². The van der Waals surface area contributed by atoms with E-state index >= 15 is 0 Å². The molecule has 3 fully saturated rings. The number of carbonyl (C=O) groups is 1. The van der Waals surface area contributed by atoms with Crippen molar-refractivity contribution in [3.05, 3.63) is 53.7 Å². The third-order valence-corrected chi connectivity index (χ3v) is 8.44. The first-order valence-electron chi connectivity index (χ1n) is 13.9. The molecule has 9 heteroatoms. The molecular formula is C29H34N8O. The van der Waals surface area contributed by atoms with Crippen molar-refractivity contribution in [1.29, 1.82) is 0 Å². The molecule has 4 aromatic rings. The molecule has 3 aliphatic carbocycles. The zero-order valence-corrected chi connectivity index (χ0v) is 21.9. The van der Waals surface area contributed by atoms with E-state index in [0.29, 0.717) is 35.3 Å². The summed E-state index contributed by atoms with van der Waals surface area (Å²) in [5.74, 6) is 3.09. The number of rotatable bonds is 10. The fourth-order valence-corrected chi connectivity index (χ4v) is 6.03. The zero-order chi connectivity index (χ0) is 25.8. The van der Waals surface area contributed by atoms with Gasteiger partial charge in [0.25, 0.3) is 0 Å². The molecule has 0 spiro atoms. The lowest BCUT2D eigenvalue weighted by Gasteiger charge is -2.24. The van der Waals surface area contributed by atoms with Crippen LogP contribution in [0.2, 0.25) is 0 Å². The Kier molecular flexibility index (Phi) is 5.67. The average Bonchev–Trinajstić information content (AvgIpc) is 3.85. The molecule has 196 valence electrons. The van der Waals surface area contributed by atoms with E-state index in [1.807, 2.05) is 55.1 Å². The maximum absolute atomic E-state index is 13.9. The number of carbonyl (C=O) groups excluding carboxylic acids is 1. The summed E-state index contributed by atoms with van der Waals surface area (Å²) in [6.45, 7) is 4.92. The Hall–Kier alpha value is -3.75. The van der Waals surface area contributed by atoms with Crippen molar-refractivity contribution < 1.29 is 4.79 Å². The lowest BCUT2D eigenvalue weighted by molar-refractivity contribution is -0.119. The number of hydrogen-bond donors (Lipinski definition) is 3. The van der Waals surface area contributed by atoms with E-state index in [4.69, 9.17) is 4.98 Å². The number of aromatic nitrogens is 7. The molecule has 3 saturated carbocycles. The van der Waals surface area contributed by atoms with Crippen molar-refractivity contribution in [3.63, 3.8) is 0 Å². The molecule has 1 unspecified atom stereocenters. The summed E-state index contributed by atoms with van der Waals surface area (Å²) >= 11 is 0. The molecule has 3 aromatic heterocycles. The van der Waals surface area contributed by atoms with Crippen LogP contribution in [-0.4, -0.2) is 41.1 Å². The zero-order valence-electron chi connectivity index (χ0n) is 21.9. The average molecular weight is 511 g/mol. The molecule has 0 aliphatic heterocycles. The van der Waals surface area contributed by atoms with Gasteiger partial charge >= 0.3 is 0 Å². The second-order valence-corrected chi connectivity index (χ2v) is 11.5. The van der Waals surface area contributed by atoms with Gasteiger partial charge in [-0.1, -0.05) is 12.1 Å². The SMILES string of the molecule is Cc1n[nH]c(C)c1-c1ccc(NC(=O)C(c2nc(-c3ccnn3CC3CC3)n[nH]2)C(C2CC2)C2CC2)cc1. The number of H-pyrrole nitrogens is 2. The minimum Gasteiger partial charge on any atom is -0.325 e. The Morgan fingerprint density at radius 1 is 1.00 bits per heavy atom. The quantitative estimate of drug-likeness (QED) is 0.270. The summed E-state index contributed by atoms with van der Waals surface area (Å²) in [6, 6.07) is 10.0. The molecule has 0 bridgehead atoms. The number of aromatic amines is 2. The predicted octanol–water partition coefficient (Wildman–Crippen LogP) is 5.24. The van der Waals surface area contributed by atoms with E-state index in [0.717, 1.165) is 40.4 Å². The maximum Gasteiger partial charge on any atom is 0.235 e. The highest BCUT2D eigenvalue weighted by atomic mass is 16.2. The van der Waals surface area contributed by atoms with Gasteiger partial charge < -0.3 is 5.32 Å². The van der Waals surface area contributed by atoms with Gasteiger partial charge in [0, 0.05) is 29.7 Å². The summed E-state index contributed by atoms with van der Waals surface area (Å²) in [4.78, 5) is 18.8. The number of aryl methyl sites for hydroxylation is 2. The van der Waals surface area contributed by atoms with Crippen LogP contribution in [0.5, 0.6) is 0 Å². The molecule has 7 rings (SSSR count). The third kappa shape index (κ3) is 4.54. The Balaban J connectivity index is 1.16. The number of nitrogens with zero attached hydrogens (tertiary/aromatic N) is 5. The topological polar surface area (TPSA) is 117 Å². The monoisotopic (exact) mass is 510 g/mol. The van der Waals surface area contributed by atoms with Gasteiger partial charge in [0.15, 0.2) is 5.82 Å². The van der Waals surface area contributed by atoms with Crippen LogP contribution in [0, 0.1) is 37.5 Å². The van der Waals surface area contributed by atoms with Crippen molar-refractivity contribution in [1.82, 2.24) is 35.2 Å². The van der Waals surface area contributed by atoms with Gasteiger partial charge in [-0.3, -0.25) is 19.7 Å². The van der Waals surface area contributed by atoms with Gasteiger partial charge in [-0.05, 0) is 99.8 Å².